The van der Waals surface area contributed by atoms with Crippen LogP contribution in [0.15, 0.2) is 0 Å². The Bertz CT molecular complexity index is 541. The first-order valence-corrected chi connectivity index (χ1v) is 7.49. The van der Waals surface area contributed by atoms with Crippen LogP contribution in [0.2, 0.25) is 0 Å². The van der Waals surface area contributed by atoms with Crippen LogP contribution in [-0.2, 0) is 4.79 Å². The minimum absolute atomic E-state index is 0.0261. The van der Waals surface area contributed by atoms with Gasteiger partial charge in [-0.25, -0.2) is 4.98 Å². The van der Waals surface area contributed by atoms with Crippen molar-refractivity contribution in [2.24, 2.45) is 5.92 Å². The lowest BCUT2D eigenvalue weighted by atomic mass is 9.95. The van der Waals surface area contributed by atoms with Crippen molar-refractivity contribution in [3.63, 3.8) is 0 Å². The molecule has 2 amide bonds. The van der Waals surface area contributed by atoms with E-state index in [-0.39, 0.29) is 23.6 Å². The zero-order valence-corrected chi connectivity index (χ0v) is 12.5. The molecule has 1 saturated heterocycles. The zero-order valence-electron chi connectivity index (χ0n) is 12.5. The summed E-state index contributed by atoms with van der Waals surface area (Å²) in [5.74, 6) is 1.59. The summed E-state index contributed by atoms with van der Waals surface area (Å²) >= 11 is 0. The molecule has 2 aliphatic rings. The van der Waals surface area contributed by atoms with Gasteiger partial charge in [-0.3, -0.25) is 14.7 Å². The molecule has 114 valence electrons. The van der Waals surface area contributed by atoms with Crippen LogP contribution in [0.25, 0.3) is 0 Å². The van der Waals surface area contributed by atoms with Crippen molar-refractivity contribution in [1.82, 2.24) is 25.0 Å². The van der Waals surface area contributed by atoms with Crippen LogP contribution in [0, 0.1) is 5.92 Å². The van der Waals surface area contributed by atoms with Gasteiger partial charge in [-0.1, -0.05) is 0 Å². The van der Waals surface area contributed by atoms with E-state index in [0.29, 0.717) is 31.8 Å². The maximum Gasteiger partial charge on any atom is 0.293 e. The lowest BCUT2D eigenvalue weighted by molar-refractivity contribution is -0.134. The van der Waals surface area contributed by atoms with Gasteiger partial charge >= 0.3 is 0 Å². The summed E-state index contributed by atoms with van der Waals surface area (Å²) in [6.07, 6.45) is 3.67. The molecule has 1 aromatic rings. The van der Waals surface area contributed by atoms with Crippen molar-refractivity contribution in [2.75, 3.05) is 27.2 Å². The molecule has 1 aliphatic heterocycles. The summed E-state index contributed by atoms with van der Waals surface area (Å²) in [4.78, 5) is 31.9. The molecule has 0 aromatic carbocycles. The minimum atomic E-state index is -0.131. The molecule has 1 saturated carbocycles. The maximum atomic E-state index is 12.4. The predicted molar refractivity (Wildman–Crippen MR) is 75.7 cm³/mol. The van der Waals surface area contributed by atoms with Gasteiger partial charge in [0.1, 0.15) is 5.82 Å². The number of piperidine rings is 1. The maximum absolute atomic E-state index is 12.4. The van der Waals surface area contributed by atoms with Gasteiger partial charge in [0.25, 0.3) is 5.91 Å². The molecule has 1 aliphatic carbocycles. The molecule has 7 nitrogen and oxygen atoms in total. The Balaban J connectivity index is 1.58. The highest BCUT2D eigenvalue weighted by atomic mass is 16.2. The number of H-pyrrole nitrogens is 1. The van der Waals surface area contributed by atoms with Crippen LogP contribution >= 0.6 is 0 Å². The quantitative estimate of drug-likeness (QED) is 0.885. The normalized spacial score (nSPS) is 19.6. The molecule has 0 spiro atoms. The van der Waals surface area contributed by atoms with E-state index in [9.17, 15) is 9.59 Å². The fourth-order valence-corrected chi connectivity index (χ4v) is 2.75. The molecule has 21 heavy (non-hydrogen) atoms. The number of rotatable bonds is 3. The molecule has 7 heteroatoms. The number of hydrogen-bond acceptors (Lipinski definition) is 4. The topological polar surface area (TPSA) is 82.2 Å². The van der Waals surface area contributed by atoms with Crippen LogP contribution in [0.5, 0.6) is 0 Å². The van der Waals surface area contributed by atoms with E-state index in [2.05, 4.69) is 15.2 Å². The first kappa shape index (κ1) is 14.0. The Morgan fingerprint density at radius 2 is 1.86 bits per heavy atom. The van der Waals surface area contributed by atoms with Gasteiger partial charge in [0.05, 0.1) is 0 Å². The van der Waals surface area contributed by atoms with Gasteiger partial charge in [-0.2, -0.15) is 0 Å². The van der Waals surface area contributed by atoms with E-state index >= 15 is 0 Å². The van der Waals surface area contributed by atoms with Gasteiger partial charge in [0, 0.05) is 39.0 Å². The molecular weight excluding hydrogens is 270 g/mol. The molecule has 1 N–H and O–H groups in total. The highest BCUT2D eigenvalue weighted by Gasteiger charge is 2.32. The van der Waals surface area contributed by atoms with Crippen molar-refractivity contribution < 1.29 is 9.59 Å². The second kappa shape index (κ2) is 5.46. The lowest BCUT2D eigenvalue weighted by Crippen LogP contribution is -2.43. The third-order valence-corrected chi connectivity index (χ3v) is 4.23. The van der Waals surface area contributed by atoms with E-state index in [1.165, 1.54) is 0 Å². The molecule has 2 fully saturated rings. The lowest BCUT2D eigenvalue weighted by Gasteiger charge is -2.31. The van der Waals surface area contributed by atoms with Gasteiger partial charge in [-0.05, 0) is 25.7 Å². The van der Waals surface area contributed by atoms with Crippen LogP contribution in [0.3, 0.4) is 0 Å². The summed E-state index contributed by atoms with van der Waals surface area (Å²) in [6, 6.07) is 0. The Hall–Kier alpha value is -1.92. The standard InChI is InChI=1S/C14H21N5O2/c1-18(2)13(20)10-5-7-19(8-6-10)14(21)12-15-11(16-17-12)9-3-4-9/h9-10H,3-8H2,1-2H3,(H,15,16,17). The van der Waals surface area contributed by atoms with Gasteiger partial charge in [-0.15, -0.1) is 5.10 Å². The summed E-state index contributed by atoms with van der Waals surface area (Å²) in [5.41, 5.74) is 0. The second-order valence-corrected chi connectivity index (χ2v) is 6.12. The number of nitrogens with one attached hydrogen (secondary N) is 1. The van der Waals surface area contributed by atoms with E-state index in [4.69, 9.17) is 0 Å². The summed E-state index contributed by atoms with van der Waals surface area (Å²) in [7, 11) is 3.54. The summed E-state index contributed by atoms with van der Waals surface area (Å²) in [5, 5.41) is 6.89. The molecule has 2 heterocycles. The number of amides is 2. The molecule has 1 aromatic heterocycles. The minimum Gasteiger partial charge on any atom is -0.349 e. The molecule has 0 unspecified atom stereocenters. The van der Waals surface area contributed by atoms with Crippen molar-refractivity contribution in [3.8, 4) is 0 Å². The van der Waals surface area contributed by atoms with E-state index in [1.54, 1.807) is 23.9 Å². The number of aromatic amines is 1. The Morgan fingerprint density at radius 3 is 2.43 bits per heavy atom. The summed E-state index contributed by atoms with van der Waals surface area (Å²) in [6.45, 7) is 1.19. The first-order chi connectivity index (χ1) is 10.1. The smallest absolute Gasteiger partial charge is 0.293 e. The van der Waals surface area contributed by atoms with Crippen LogP contribution in [-0.4, -0.2) is 64.0 Å². The predicted octanol–water partition coefficient (Wildman–Crippen LogP) is 0.622. The first-order valence-electron chi connectivity index (χ1n) is 7.49. The molecule has 0 atom stereocenters. The van der Waals surface area contributed by atoms with Crippen molar-refractivity contribution in [3.05, 3.63) is 11.6 Å². The van der Waals surface area contributed by atoms with Crippen LogP contribution in [0.4, 0.5) is 0 Å². The highest BCUT2D eigenvalue weighted by Crippen LogP contribution is 2.37. The molecule has 3 rings (SSSR count). The number of nitrogens with zero attached hydrogens (tertiary/aromatic N) is 4. The third kappa shape index (κ3) is 2.91. The second-order valence-electron chi connectivity index (χ2n) is 6.12. The van der Waals surface area contributed by atoms with Crippen molar-refractivity contribution >= 4 is 11.8 Å². The zero-order chi connectivity index (χ0) is 15.0. The van der Waals surface area contributed by atoms with E-state index in [1.807, 2.05) is 0 Å². The number of carbonyl (C=O) groups is 2. The molecule has 0 bridgehead atoms. The van der Waals surface area contributed by atoms with Crippen LogP contribution in [0.1, 0.15) is 48.0 Å². The van der Waals surface area contributed by atoms with Gasteiger partial charge in [0.15, 0.2) is 0 Å². The number of likely N-dealkylation sites (tertiary alicyclic amines) is 1. The van der Waals surface area contributed by atoms with E-state index < -0.39 is 0 Å². The SMILES string of the molecule is CN(C)C(=O)C1CCN(C(=O)c2n[nH]c(C3CC3)n2)CC1. The van der Waals surface area contributed by atoms with Crippen molar-refractivity contribution in [2.45, 2.75) is 31.6 Å². The number of aromatic nitrogens is 3. The largest absolute Gasteiger partial charge is 0.349 e. The molecular formula is C14H21N5O2. The van der Waals surface area contributed by atoms with Gasteiger partial charge < -0.3 is 9.80 Å². The Labute approximate surface area is 123 Å². The number of hydrogen-bond donors (Lipinski definition) is 1. The Morgan fingerprint density at radius 1 is 1.19 bits per heavy atom. The van der Waals surface area contributed by atoms with Gasteiger partial charge in [0.2, 0.25) is 11.7 Å². The van der Waals surface area contributed by atoms with Crippen LogP contribution < -0.4 is 0 Å². The average molecular weight is 291 g/mol. The molecule has 0 radical (unpaired) electrons. The number of carbonyl (C=O) groups excluding carboxylic acids is 2. The monoisotopic (exact) mass is 291 g/mol. The fourth-order valence-electron chi connectivity index (χ4n) is 2.75. The average Bonchev–Trinajstić information content (AvgIpc) is 3.23. The highest BCUT2D eigenvalue weighted by molar-refractivity contribution is 5.90. The summed E-state index contributed by atoms with van der Waals surface area (Å²) < 4.78 is 0. The van der Waals surface area contributed by atoms with Crippen molar-refractivity contribution in [1.29, 1.82) is 0 Å². The van der Waals surface area contributed by atoms with E-state index in [0.717, 1.165) is 18.7 Å². The third-order valence-electron chi connectivity index (χ3n) is 4.23. The fraction of sp³-hybridized carbons (Fsp3) is 0.714. The Kier molecular flexibility index (Phi) is 3.65.